The molecule has 0 aliphatic rings. The minimum Gasteiger partial charge on any atom is -0.462 e. The average molecular weight is 902 g/mol. The largest absolute Gasteiger partial charge is 0.462 e. The second kappa shape index (κ2) is 55.7. The van der Waals surface area contributed by atoms with Crippen LogP contribution in [-0.4, -0.2) is 37.9 Å². The molecule has 0 aromatic rings. The highest BCUT2D eigenvalue weighted by molar-refractivity contribution is 5.70. The molecular weight excluding hydrogens is 789 g/mol. The maximum absolute atomic E-state index is 12.8. The second-order valence-corrected chi connectivity index (χ2v) is 19.6. The maximum atomic E-state index is 12.8. The van der Waals surface area contributed by atoms with E-state index in [0.29, 0.717) is 26.1 Å². The van der Waals surface area contributed by atoms with Gasteiger partial charge in [0.25, 0.3) is 0 Å². The smallest absolute Gasteiger partial charge is 0.306 e. The fourth-order valence-corrected chi connectivity index (χ4v) is 8.66. The lowest BCUT2D eigenvalue weighted by molar-refractivity contribution is -0.163. The molecule has 0 spiro atoms. The van der Waals surface area contributed by atoms with Gasteiger partial charge in [-0.05, 0) is 51.4 Å². The lowest BCUT2D eigenvalue weighted by Gasteiger charge is -2.18. The number of allylic oxidation sites excluding steroid dienone is 4. The molecule has 0 fully saturated rings. The fraction of sp³-hybridized carbons (Fsp3) is 0.898. The number of rotatable bonds is 54. The van der Waals surface area contributed by atoms with Crippen LogP contribution >= 0.6 is 0 Å². The number of carbonyl (C=O) groups excluding carboxylic acids is 2. The van der Waals surface area contributed by atoms with Crippen LogP contribution in [-0.2, 0) is 23.8 Å². The van der Waals surface area contributed by atoms with Crippen molar-refractivity contribution in [1.29, 1.82) is 0 Å². The molecule has 0 saturated carbocycles. The van der Waals surface area contributed by atoms with E-state index in [1.807, 2.05) is 0 Å². The van der Waals surface area contributed by atoms with E-state index in [4.69, 9.17) is 14.2 Å². The van der Waals surface area contributed by atoms with Crippen molar-refractivity contribution in [2.24, 2.45) is 0 Å². The van der Waals surface area contributed by atoms with Crippen LogP contribution < -0.4 is 0 Å². The van der Waals surface area contributed by atoms with Crippen molar-refractivity contribution >= 4 is 11.9 Å². The maximum Gasteiger partial charge on any atom is 0.306 e. The Morgan fingerprint density at radius 2 is 0.656 bits per heavy atom. The first-order chi connectivity index (χ1) is 31.6. The van der Waals surface area contributed by atoms with Crippen LogP contribution in [0.3, 0.4) is 0 Å². The molecule has 0 aliphatic heterocycles. The first-order valence-corrected chi connectivity index (χ1v) is 28.9. The van der Waals surface area contributed by atoms with Crippen LogP contribution in [0.1, 0.15) is 316 Å². The highest BCUT2D eigenvalue weighted by Gasteiger charge is 2.17. The van der Waals surface area contributed by atoms with Gasteiger partial charge < -0.3 is 14.2 Å². The SMILES string of the molecule is CCCCC/C=C\C/C=C\CCCCCCCCCCCCOCC(COC(=O)CCCCCCCCCCCCCCCCC)OC(=O)CCCCCCCCCCCCCCC. The van der Waals surface area contributed by atoms with Crippen molar-refractivity contribution < 1.29 is 23.8 Å². The van der Waals surface area contributed by atoms with Gasteiger partial charge in [-0.1, -0.05) is 276 Å². The van der Waals surface area contributed by atoms with E-state index in [1.54, 1.807) is 0 Å². The van der Waals surface area contributed by atoms with Gasteiger partial charge in [0.05, 0.1) is 6.61 Å². The van der Waals surface area contributed by atoms with Crippen molar-refractivity contribution in [3.05, 3.63) is 24.3 Å². The lowest BCUT2D eigenvalue weighted by atomic mass is 10.0. The van der Waals surface area contributed by atoms with E-state index in [1.165, 1.54) is 238 Å². The summed E-state index contributed by atoms with van der Waals surface area (Å²) in [5.41, 5.74) is 0. The van der Waals surface area contributed by atoms with Gasteiger partial charge in [-0.15, -0.1) is 0 Å². The van der Waals surface area contributed by atoms with Crippen LogP contribution in [0.5, 0.6) is 0 Å². The number of ether oxygens (including phenoxy) is 3. The fourth-order valence-electron chi connectivity index (χ4n) is 8.66. The first kappa shape index (κ1) is 62.4. The zero-order valence-electron chi connectivity index (χ0n) is 43.6. The van der Waals surface area contributed by atoms with Crippen LogP contribution in [0.2, 0.25) is 0 Å². The third-order valence-corrected chi connectivity index (χ3v) is 13.0. The third kappa shape index (κ3) is 53.0. The summed E-state index contributed by atoms with van der Waals surface area (Å²) >= 11 is 0. The molecule has 0 rings (SSSR count). The Morgan fingerprint density at radius 3 is 1.06 bits per heavy atom. The van der Waals surface area contributed by atoms with Gasteiger partial charge in [0.15, 0.2) is 6.10 Å². The minimum absolute atomic E-state index is 0.0927. The van der Waals surface area contributed by atoms with Gasteiger partial charge in [0.2, 0.25) is 0 Å². The Balaban J connectivity index is 4.19. The van der Waals surface area contributed by atoms with Crippen molar-refractivity contribution in [1.82, 2.24) is 0 Å². The number of unbranched alkanes of at least 4 members (excludes halogenated alkanes) is 39. The van der Waals surface area contributed by atoms with Crippen LogP contribution in [0.25, 0.3) is 0 Å². The highest BCUT2D eigenvalue weighted by atomic mass is 16.6. The summed E-state index contributed by atoms with van der Waals surface area (Å²) in [6.07, 6.45) is 66.2. The Hall–Kier alpha value is -1.62. The summed E-state index contributed by atoms with van der Waals surface area (Å²) in [6, 6.07) is 0. The van der Waals surface area contributed by atoms with E-state index in [0.717, 1.165) is 44.9 Å². The zero-order chi connectivity index (χ0) is 46.3. The number of hydrogen-bond acceptors (Lipinski definition) is 5. The molecule has 1 unspecified atom stereocenters. The highest BCUT2D eigenvalue weighted by Crippen LogP contribution is 2.17. The molecule has 64 heavy (non-hydrogen) atoms. The summed E-state index contributed by atoms with van der Waals surface area (Å²) in [7, 11) is 0. The third-order valence-electron chi connectivity index (χ3n) is 13.0. The van der Waals surface area contributed by atoms with E-state index in [-0.39, 0.29) is 18.5 Å². The molecule has 0 saturated heterocycles. The summed E-state index contributed by atoms with van der Waals surface area (Å²) in [6.45, 7) is 7.87. The summed E-state index contributed by atoms with van der Waals surface area (Å²) in [4.78, 5) is 25.5. The molecule has 5 nitrogen and oxygen atoms in total. The molecule has 0 radical (unpaired) electrons. The Bertz CT molecular complexity index is 974. The molecule has 0 amide bonds. The molecule has 0 aromatic heterocycles. The van der Waals surface area contributed by atoms with Gasteiger partial charge in [0, 0.05) is 19.4 Å². The van der Waals surface area contributed by atoms with Gasteiger partial charge in [-0.2, -0.15) is 0 Å². The van der Waals surface area contributed by atoms with Gasteiger partial charge in [-0.25, -0.2) is 0 Å². The van der Waals surface area contributed by atoms with Crippen molar-refractivity contribution in [2.45, 2.75) is 322 Å². The average Bonchev–Trinajstić information content (AvgIpc) is 3.30. The molecule has 1 atom stereocenters. The second-order valence-electron chi connectivity index (χ2n) is 19.6. The summed E-state index contributed by atoms with van der Waals surface area (Å²) < 4.78 is 17.5. The normalized spacial score (nSPS) is 12.2. The molecule has 0 N–H and O–H groups in total. The van der Waals surface area contributed by atoms with E-state index in [2.05, 4.69) is 45.1 Å². The molecule has 378 valence electrons. The Labute approximate surface area is 400 Å². The van der Waals surface area contributed by atoms with Gasteiger partial charge >= 0.3 is 11.9 Å². The number of esters is 2. The van der Waals surface area contributed by atoms with Crippen molar-refractivity contribution in [3.8, 4) is 0 Å². The van der Waals surface area contributed by atoms with Crippen molar-refractivity contribution in [2.75, 3.05) is 19.8 Å². The predicted octanol–water partition coefficient (Wildman–Crippen LogP) is 19.6. The van der Waals surface area contributed by atoms with Gasteiger partial charge in [0.1, 0.15) is 6.61 Å². The summed E-state index contributed by atoms with van der Waals surface area (Å²) in [5.74, 6) is -0.375. The van der Waals surface area contributed by atoms with Crippen LogP contribution in [0.15, 0.2) is 24.3 Å². The molecule has 0 aromatic carbocycles. The standard InChI is InChI=1S/C59H112O5/c1-4-7-10-13-16-19-22-25-27-28-29-30-31-33-36-39-42-45-48-51-54-62-55-57(64-59(61)53-50-47-44-41-38-34-24-21-18-15-12-9-6-3)56-63-58(60)52-49-46-43-40-37-35-32-26-23-20-17-14-11-8-5-2/h16,19,25,27,57H,4-15,17-18,20-24,26,28-56H2,1-3H3/b19-16-,27-25-. The summed E-state index contributed by atoms with van der Waals surface area (Å²) in [5, 5.41) is 0. The Kier molecular flexibility index (Phi) is 54.3. The van der Waals surface area contributed by atoms with Gasteiger partial charge in [-0.3, -0.25) is 9.59 Å². The molecule has 0 aliphatic carbocycles. The van der Waals surface area contributed by atoms with E-state index in [9.17, 15) is 9.59 Å². The topological polar surface area (TPSA) is 61.8 Å². The van der Waals surface area contributed by atoms with E-state index < -0.39 is 6.10 Å². The minimum atomic E-state index is -0.530. The van der Waals surface area contributed by atoms with Crippen LogP contribution in [0, 0.1) is 0 Å². The zero-order valence-corrected chi connectivity index (χ0v) is 43.6. The predicted molar refractivity (Wildman–Crippen MR) is 279 cm³/mol. The molecule has 0 heterocycles. The van der Waals surface area contributed by atoms with Crippen molar-refractivity contribution in [3.63, 3.8) is 0 Å². The number of carbonyl (C=O) groups is 2. The van der Waals surface area contributed by atoms with Crippen LogP contribution in [0.4, 0.5) is 0 Å². The molecular formula is C59H112O5. The monoisotopic (exact) mass is 901 g/mol. The Morgan fingerprint density at radius 1 is 0.344 bits per heavy atom. The lowest BCUT2D eigenvalue weighted by Crippen LogP contribution is -2.30. The quantitative estimate of drug-likeness (QED) is 0.0346. The first-order valence-electron chi connectivity index (χ1n) is 28.9. The van der Waals surface area contributed by atoms with E-state index >= 15 is 0 Å². The molecule has 0 bridgehead atoms. The number of hydrogen-bond donors (Lipinski definition) is 0. The molecule has 5 heteroatoms.